The van der Waals surface area contributed by atoms with Gasteiger partial charge in [0.2, 0.25) is 5.88 Å². The van der Waals surface area contributed by atoms with Gasteiger partial charge < -0.3 is 15.5 Å². The lowest BCUT2D eigenvalue weighted by atomic mass is 9.88. The van der Waals surface area contributed by atoms with Gasteiger partial charge in [-0.15, -0.1) is 0 Å². The minimum absolute atomic E-state index is 0.0792. The van der Waals surface area contributed by atoms with Gasteiger partial charge in [0.1, 0.15) is 0 Å². The maximum Gasteiger partial charge on any atom is 0.227 e. The van der Waals surface area contributed by atoms with Crippen LogP contribution in [0.25, 0.3) is 0 Å². The number of aliphatic hydroxyl groups is 2. The normalized spacial score (nSPS) is 22.5. The summed E-state index contributed by atoms with van der Waals surface area (Å²) < 4.78 is 0. The van der Waals surface area contributed by atoms with Crippen molar-refractivity contribution in [3.8, 4) is 0 Å². The molecule has 0 aliphatic heterocycles. The van der Waals surface area contributed by atoms with Crippen LogP contribution in [0.15, 0.2) is 47.1 Å². The molecule has 0 amide bonds. The van der Waals surface area contributed by atoms with Crippen LogP contribution in [0.1, 0.15) is 40.5 Å². The summed E-state index contributed by atoms with van der Waals surface area (Å²) in [5.74, 6) is 0.0202. The van der Waals surface area contributed by atoms with Crippen LogP contribution < -0.4 is 5.32 Å². The van der Waals surface area contributed by atoms with Gasteiger partial charge in [-0.05, 0) is 43.9 Å². The first-order valence-electron chi connectivity index (χ1n) is 6.97. The molecule has 0 aromatic carbocycles. The van der Waals surface area contributed by atoms with E-state index in [-0.39, 0.29) is 17.7 Å². The van der Waals surface area contributed by atoms with E-state index < -0.39 is 0 Å². The van der Waals surface area contributed by atoms with Crippen molar-refractivity contribution in [2.24, 2.45) is 5.92 Å². The van der Waals surface area contributed by atoms with E-state index in [1.54, 1.807) is 6.08 Å². The maximum absolute atomic E-state index is 9.93. The average molecular weight is 263 g/mol. The molecular formula is C16H25NO2. The molecule has 0 aromatic heterocycles. The van der Waals surface area contributed by atoms with Crippen LogP contribution in [0.4, 0.5) is 0 Å². The zero-order valence-corrected chi connectivity index (χ0v) is 12.3. The zero-order chi connectivity index (χ0) is 14.4. The van der Waals surface area contributed by atoms with E-state index in [0.717, 1.165) is 18.4 Å². The van der Waals surface area contributed by atoms with Crippen LogP contribution >= 0.6 is 0 Å². The molecule has 0 bridgehead atoms. The Labute approximate surface area is 116 Å². The Morgan fingerprint density at radius 3 is 2.58 bits per heavy atom. The number of allylic oxidation sites excluding steroid dienone is 6. The molecule has 19 heavy (non-hydrogen) atoms. The first kappa shape index (κ1) is 15.4. The zero-order valence-electron chi connectivity index (χ0n) is 12.3. The highest BCUT2D eigenvalue weighted by molar-refractivity contribution is 5.41. The summed E-state index contributed by atoms with van der Waals surface area (Å²) in [6, 6.07) is 0.0792. The fourth-order valence-corrected chi connectivity index (χ4v) is 2.03. The van der Waals surface area contributed by atoms with Gasteiger partial charge in [-0.1, -0.05) is 32.1 Å². The minimum Gasteiger partial charge on any atom is -0.503 e. The van der Waals surface area contributed by atoms with Gasteiger partial charge in [-0.2, -0.15) is 0 Å². The molecule has 0 saturated carbocycles. The van der Waals surface area contributed by atoms with E-state index in [4.69, 9.17) is 0 Å². The maximum atomic E-state index is 9.93. The molecule has 0 radical (unpaired) electrons. The third kappa shape index (κ3) is 4.51. The second kappa shape index (κ2) is 7.07. The lowest BCUT2D eigenvalue weighted by Gasteiger charge is -2.18. The molecular weight excluding hydrogens is 238 g/mol. The fraction of sp³-hybridized carbons (Fsp3) is 0.500. The van der Waals surface area contributed by atoms with Crippen molar-refractivity contribution in [2.75, 3.05) is 0 Å². The Balaban J connectivity index is 3.00. The standard InChI is InChI=1S/C16H25NO2/c1-5-12-7-8-13(6-2)14(9-12)10-15(18)16(19)17-11(3)4/h7-11,13,17-19H,5-6H2,1-4H3/b14-10-,16-15-. The van der Waals surface area contributed by atoms with Gasteiger partial charge in [0.05, 0.1) is 0 Å². The van der Waals surface area contributed by atoms with Crippen LogP contribution in [0, 0.1) is 5.92 Å². The number of hydrogen-bond donors (Lipinski definition) is 3. The summed E-state index contributed by atoms with van der Waals surface area (Å²) in [4.78, 5) is 0. The molecule has 106 valence electrons. The quantitative estimate of drug-likeness (QED) is 0.654. The van der Waals surface area contributed by atoms with Crippen LogP contribution in [-0.4, -0.2) is 16.3 Å². The largest absolute Gasteiger partial charge is 0.503 e. The van der Waals surface area contributed by atoms with E-state index in [1.807, 2.05) is 13.8 Å². The average Bonchev–Trinajstić information content (AvgIpc) is 2.37. The van der Waals surface area contributed by atoms with E-state index in [2.05, 4.69) is 37.4 Å². The van der Waals surface area contributed by atoms with Gasteiger partial charge in [-0.3, -0.25) is 0 Å². The van der Waals surface area contributed by atoms with Gasteiger partial charge in [0.25, 0.3) is 0 Å². The summed E-state index contributed by atoms with van der Waals surface area (Å²) >= 11 is 0. The van der Waals surface area contributed by atoms with Crippen molar-refractivity contribution in [3.05, 3.63) is 47.1 Å². The fourth-order valence-electron chi connectivity index (χ4n) is 2.03. The van der Waals surface area contributed by atoms with Crippen LogP contribution in [0.3, 0.4) is 0 Å². The van der Waals surface area contributed by atoms with E-state index in [0.29, 0.717) is 5.92 Å². The monoisotopic (exact) mass is 263 g/mol. The molecule has 0 saturated heterocycles. The molecule has 1 aliphatic rings. The molecule has 0 heterocycles. The van der Waals surface area contributed by atoms with Crippen LogP contribution in [0.2, 0.25) is 0 Å². The Bertz CT molecular complexity index is 428. The van der Waals surface area contributed by atoms with Crippen molar-refractivity contribution >= 4 is 0 Å². The molecule has 1 atom stereocenters. The first-order valence-corrected chi connectivity index (χ1v) is 6.97. The van der Waals surface area contributed by atoms with Gasteiger partial charge in [0.15, 0.2) is 5.76 Å². The van der Waals surface area contributed by atoms with E-state index >= 15 is 0 Å². The minimum atomic E-state index is -0.168. The topological polar surface area (TPSA) is 52.5 Å². The lowest BCUT2D eigenvalue weighted by Crippen LogP contribution is -2.23. The molecule has 3 N–H and O–H groups in total. The Hall–Kier alpha value is -1.64. The summed E-state index contributed by atoms with van der Waals surface area (Å²) in [7, 11) is 0. The van der Waals surface area contributed by atoms with Crippen molar-refractivity contribution in [2.45, 2.75) is 46.6 Å². The molecule has 1 unspecified atom stereocenters. The van der Waals surface area contributed by atoms with Gasteiger partial charge in [0, 0.05) is 12.0 Å². The molecule has 0 spiro atoms. The molecule has 0 aromatic rings. The van der Waals surface area contributed by atoms with Gasteiger partial charge in [-0.25, -0.2) is 0 Å². The summed E-state index contributed by atoms with van der Waals surface area (Å²) in [5.41, 5.74) is 2.27. The number of aliphatic hydroxyl groups excluding tert-OH is 2. The van der Waals surface area contributed by atoms with Crippen molar-refractivity contribution in [3.63, 3.8) is 0 Å². The van der Waals surface area contributed by atoms with Crippen molar-refractivity contribution in [1.29, 1.82) is 0 Å². The van der Waals surface area contributed by atoms with Crippen molar-refractivity contribution < 1.29 is 10.2 Å². The molecule has 1 rings (SSSR count). The second-order valence-electron chi connectivity index (χ2n) is 5.12. The number of rotatable bonds is 5. The lowest BCUT2D eigenvalue weighted by molar-refractivity contribution is 0.296. The highest BCUT2D eigenvalue weighted by Gasteiger charge is 2.13. The van der Waals surface area contributed by atoms with E-state index in [1.165, 1.54) is 5.57 Å². The van der Waals surface area contributed by atoms with E-state index in [9.17, 15) is 10.2 Å². The number of nitrogens with one attached hydrogen (secondary N) is 1. The predicted molar refractivity (Wildman–Crippen MR) is 79.9 cm³/mol. The SMILES string of the molecule is CCC1=C/C(=C/C(O)=C(/O)NC(C)C)C(CC)C=C1. The van der Waals surface area contributed by atoms with Crippen LogP contribution in [-0.2, 0) is 0 Å². The summed E-state index contributed by atoms with van der Waals surface area (Å²) in [5, 5.41) is 22.5. The third-order valence-corrected chi connectivity index (χ3v) is 3.14. The van der Waals surface area contributed by atoms with Crippen LogP contribution in [0.5, 0.6) is 0 Å². The Morgan fingerprint density at radius 2 is 2.05 bits per heavy atom. The third-order valence-electron chi connectivity index (χ3n) is 3.14. The van der Waals surface area contributed by atoms with Crippen molar-refractivity contribution in [1.82, 2.24) is 5.32 Å². The molecule has 0 fully saturated rings. The predicted octanol–water partition coefficient (Wildman–Crippen LogP) is 4.13. The molecule has 3 nitrogen and oxygen atoms in total. The number of hydrogen-bond acceptors (Lipinski definition) is 3. The molecule has 3 heteroatoms. The first-order chi connectivity index (χ1) is 8.97. The second-order valence-corrected chi connectivity index (χ2v) is 5.12. The summed E-state index contributed by atoms with van der Waals surface area (Å²) in [6.45, 7) is 8.03. The Kier molecular flexibility index (Phi) is 5.74. The molecule has 1 aliphatic carbocycles. The highest BCUT2D eigenvalue weighted by Crippen LogP contribution is 2.27. The summed E-state index contributed by atoms with van der Waals surface area (Å²) in [6.07, 6.45) is 9.97. The Morgan fingerprint density at radius 1 is 1.37 bits per heavy atom. The smallest absolute Gasteiger partial charge is 0.227 e. The van der Waals surface area contributed by atoms with Gasteiger partial charge >= 0.3 is 0 Å². The highest BCUT2D eigenvalue weighted by atomic mass is 16.3.